The molecule has 1 aromatic rings. The average molecular weight is 185 g/mol. The van der Waals surface area contributed by atoms with Crippen molar-refractivity contribution in [1.29, 1.82) is 0 Å². The second kappa shape index (κ2) is 2.67. The van der Waals surface area contributed by atoms with E-state index in [4.69, 9.17) is 15.2 Å². The Morgan fingerprint density at radius 2 is 2.25 bits per heavy atom. The molecule has 0 atom stereocenters. The zero-order valence-electron chi connectivity index (χ0n) is 6.20. The van der Waals surface area contributed by atoms with Gasteiger partial charge in [0.2, 0.25) is 0 Å². The Hall–Kier alpha value is -1.23. The van der Waals surface area contributed by atoms with Gasteiger partial charge >= 0.3 is 0 Å². The van der Waals surface area contributed by atoms with Gasteiger partial charge in [-0.05, 0) is 0 Å². The van der Waals surface area contributed by atoms with Crippen molar-refractivity contribution in [2.45, 2.75) is 0 Å². The molecule has 0 unspecified atom stereocenters. The minimum Gasteiger partial charge on any atom is -0.485 e. The van der Waals surface area contributed by atoms with Gasteiger partial charge in [0.15, 0.2) is 11.5 Å². The molecule has 1 aliphatic heterocycles. The zero-order chi connectivity index (χ0) is 8.55. The van der Waals surface area contributed by atoms with Crippen LogP contribution in [0.4, 0.5) is 0 Å². The topological polar surface area (TPSA) is 61.6 Å². The minimum atomic E-state index is -0.466. The Labute approximate surface area is 72.9 Å². The summed E-state index contributed by atoms with van der Waals surface area (Å²) in [5, 5.41) is 1.73. The first-order valence-electron chi connectivity index (χ1n) is 3.46. The molecule has 1 amide bonds. The molecular formula is C7H7NO3S. The largest absolute Gasteiger partial charge is 0.485 e. The van der Waals surface area contributed by atoms with Gasteiger partial charge in [0.1, 0.15) is 18.1 Å². The molecule has 0 aliphatic carbocycles. The van der Waals surface area contributed by atoms with E-state index in [0.717, 1.165) is 0 Å². The number of amides is 1. The maximum absolute atomic E-state index is 10.8. The smallest absolute Gasteiger partial charge is 0.262 e. The van der Waals surface area contributed by atoms with E-state index in [1.165, 1.54) is 11.3 Å². The predicted octanol–water partition coefficient (Wildman–Crippen LogP) is 0.618. The van der Waals surface area contributed by atoms with Crippen LogP contribution in [0.2, 0.25) is 0 Å². The monoisotopic (exact) mass is 185 g/mol. The predicted molar refractivity (Wildman–Crippen MR) is 43.8 cm³/mol. The summed E-state index contributed by atoms with van der Waals surface area (Å²) < 4.78 is 10.5. The van der Waals surface area contributed by atoms with Gasteiger partial charge in [0, 0.05) is 5.38 Å². The third-order valence-corrected chi connectivity index (χ3v) is 2.48. The quantitative estimate of drug-likeness (QED) is 0.697. The van der Waals surface area contributed by atoms with Crippen molar-refractivity contribution in [2.24, 2.45) is 5.73 Å². The van der Waals surface area contributed by atoms with Gasteiger partial charge in [-0.25, -0.2) is 0 Å². The Morgan fingerprint density at radius 3 is 3.00 bits per heavy atom. The normalized spacial score (nSPS) is 14.3. The molecule has 0 spiro atoms. The Kier molecular flexibility index (Phi) is 1.65. The Balaban J connectivity index is 2.44. The SMILES string of the molecule is NC(=O)c1scc2c1OCCO2. The molecule has 1 aromatic heterocycles. The van der Waals surface area contributed by atoms with E-state index in [2.05, 4.69) is 0 Å². The van der Waals surface area contributed by atoms with Crippen molar-refractivity contribution in [2.75, 3.05) is 13.2 Å². The number of fused-ring (bicyclic) bond motifs is 1. The summed E-state index contributed by atoms with van der Waals surface area (Å²) in [5.74, 6) is 0.658. The maximum Gasteiger partial charge on any atom is 0.262 e. The highest BCUT2D eigenvalue weighted by Crippen LogP contribution is 2.38. The van der Waals surface area contributed by atoms with Gasteiger partial charge in [0.25, 0.3) is 5.91 Å². The summed E-state index contributed by atoms with van der Waals surface area (Å²) in [6.07, 6.45) is 0. The van der Waals surface area contributed by atoms with E-state index in [0.29, 0.717) is 29.6 Å². The van der Waals surface area contributed by atoms with Crippen molar-refractivity contribution in [3.8, 4) is 11.5 Å². The molecule has 2 heterocycles. The maximum atomic E-state index is 10.8. The number of rotatable bonds is 1. The molecule has 64 valence electrons. The number of nitrogens with two attached hydrogens (primary N) is 1. The van der Waals surface area contributed by atoms with Gasteiger partial charge in [-0.1, -0.05) is 0 Å². The third kappa shape index (κ3) is 1.02. The van der Waals surface area contributed by atoms with Gasteiger partial charge in [0.05, 0.1) is 0 Å². The molecule has 0 saturated carbocycles. The molecule has 0 saturated heterocycles. The zero-order valence-corrected chi connectivity index (χ0v) is 7.02. The van der Waals surface area contributed by atoms with Crippen molar-refractivity contribution < 1.29 is 14.3 Å². The molecule has 12 heavy (non-hydrogen) atoms. The first-order valence-corrected chi connectivity index (χ1v) is 4.34. The number of thiophene rings is 1. The second-order valence-electron chi connectivity index (χ2n) is 2.32. The van der Waals surface area contributed by atoms with Crippen LogP contribution in [0.5, 0.6) is 11.5 Å². The highest BCUT2D eigenvalue weighted by atomic mass is 32.1. The molecule has 2 N–H and O–H groups in total. The van der Waals surface area contributed by atoms with Crippen LogP contribution in [0.1, 0.15) is 9.67 Å². The van der Waals surface area contributed by atoms with Crippen LogP contribution in [0.3, 0.4) is 0 Å². The molecular weight excluding hydrogens is 178 g/mol. The molecule has 1 aliphatic rings. The molecule has 0 bridgehead atoms. The number of hydrogen-bond acceptors (Lipinski definition) is 4. The number of primary amides is 1. The summed E-state index contributed by atoms with van der Waals surface area (Å²) in [5.41, 5.74) is 5.12. The first kappa shape index (κ1) is 7.42. The Bertz CT molecular complexity index is 320. The molecule has 0 fully saturated rings. The summed E-state index contributed by atoms with van der Waals surface area (Å²) >= 11 is 1.25. The van der Waals surface area contributed by atoms with Gasteiger partial charge in [-0.2, -0.15) is 0 Å². The summed E-state index contributed by atoms with van der Waals surface area (Å²) in [4.78, 5) is 11.3. The van der Waals surface area contributed by atoms with E-state index < -0.39 is 5.91 Å². The van der Waals surface area contributed by atoms with E-state index in [1.54, 1.807) is 5.38 Å². The number of ether oxygens (including phenoxy) is 2. The van der Waals surface area contributed by atoms with E-state index in [1.807, 2.05) is 0 Å². The van der Waals surface area contributed by atoms with Gasteiger partial charge in [-0.3, -0.25) is 4.79 Å². The molecule has 0 aromatic carbocycles. The molecule has 5 heteroatoms. The lowest BCUT2D eigenvalue weighted by Crippen LogP contribution is -2.17. The highest BCUT2D eigenvalue weighted by Gasteiger charge is 2.21. The number of carbonyl (C=O) groups is 1. The van der Waals surface area contributed by atoms with Gasteiger partial charge < -0.3 is 15.2 Å². The molecule has 2 rings (SSSR count). The fourth-order valence-electron chi connectivity index (χ4n) is 1.03. The van der Waals surface area contributed by atoms with E-state index >= 15 is 0 Å². The standard InChI is InChI=1S/C7H7NO3S/c8-7(9)6-5-4(3-12-6)10-1-2-11-5/h3H,1-2H2,(H2,8,9). The number of hydrogen-bond donors (Lipinski definition) is 1. The van der Waals surface area contributed by atoms with E-state index in [9.17, 15) is 4.79 Å². The van der Waals surface area contributed by atoms with Crippen molar-refractivity contribution in [1.82, 2.24) is 0 Å². The highest BCUT2D eigenvalue weighted by molar-refractivity contribution is 7.12. The van der Waals surface area contributed by atoms with Crippen molar-refractivity contribution >= 4 is 17.2 Å². The lowest BCUT2D eigenvalue weighted by molar-refractivity contribution is 0.0995. The van der Waals surface area contributed by atoms with Crippen LogP contribution < -0.4 is 15.2 Å². The van der Waals surface area contributed by atoms with Crippen LogP contribution in [-0.2, 0) is 0 Å². The van der Waals surface area contributed by atoms with Crippen LogP contribution in [0.15, 0.2) is 5.38 Å². The van der Waals surface area contributed by atoms with Crippen LogP contribution >= 0.6 is 11.3 Å². The summed E-state index contributed by atoms with van der Waals surface area (Å²) in [6.45, 7) is 1.01. The molecule has 4 nitrogen and oxygen atoms in total. The number of carbonyl (C=O) groups excluding carboxylic acids is 1. The van der Waals surface area contributed by atoms with Crippen LogP contribution in [-0.4, -0.2) is 19.1 Å². The lowest BCUT2D eigenvalue weighted by atomic mass is 10.4. The van der Waals surface area contributed by atoms with Crippen molar-refractivity contribution in [3.63, 3.8) is 0 Å². The second-order valence-corrected chi connectivity index (χ2v) is 3.20. The first-order chi connectivity index (χ1) is 5.79. The average Bonchev–Trinajstić information content (AvgIpc) is 2.47. The van der Waals surface area contributed by atoms with E-state index in [-0.39, 0.29) is 0 Å². The van der Waals surface area contributed by atoms with Crippen LogP contribution in [0, 0.1) is 0 Å². The Morgan fingerprint density at radius 1 is 1.50 bits per heavy atom. The fourth-order valence-corrected chi connectivity index (χ4v) is 1.82. The minimum absolute atomic E-state index is 0.435. The van der Waals surface area contributed by atoms with Crippen molar-refractivity contribution in [3.05, 3.63) is 10.3 Å². The summed E-state index contributed by atoms with van der Waals surface area (Å²) in [6, 6.07) is 0. The summed E-state index contributed by atoms with van der Waals surface area (Å²) in [7, 11) is 0. The fraction of sp³-hybridized carbons (Fsp3) is 0.286. The molecule has 0 radical (unpaired) electrons. The van der Waals surface area contributed by atoms with Crippen LogP contribution in [0.25, 0.3) is 0 Å². The lowest BCUT2D eigenvalue weighted by Gasteiger charge is -2.14. The van der Waals surface area contributed by atoms with Gasteiger partial charge in [-0.15, -0.1) is 11.3 Å². The third-order valence-electron chi connectivity index (χ3n) is 1.52.